The molecule has 3 rings (SSSR count). The van der Waals surface area contributed by atoms with Gasteiger partial charge in [0.15, 0.2) is 0 Å². The van der Waals surface area contributed by atoms with Crippen molar-refractivity contribution < 1.29 is 14.3 Å². The molecule has 0 aliphatic carbocycles. The highest BCUT2D eigenvalue weighted by atomic mass is 16.5. The minimum absolute atomic E-state index is 0.0789. The van der Waals surface area contributed by atoms with Crippen LogP contribution in [0.5, 0.6) is 0 Å². The van der Waals surface area contributed by atoms with E-state index in [1.807, 2.05) is 30.3 Å². The normalized spacial score (nSPS) is 16.5. The Morgan fingerprint density at radius 2 is 2.00 bits per heavy atom. The molecule has 1 aromatic carbocycles. The van der Waals surface area contributed by atoms with Crippen molar-refractivity contribution in [3.8, 4) is 0 Å². The first-order valence-electron chi connectivity index (χ1n) is 8.28. The summed E-state index contributed by atoms with van der Waals surface area (Å²) in [5, 5.41) is 2.60. The lowest BCUT2D eigenvalue weighted by Crippen LogP contribution is -2.41. The van der Waals surface area contributed by atoms with Crippen LogP contribution in [-0.4, -0.2) is 29.1 Å². The highest BCUT2D eigenvalue weighted by Gasteiger charge is 2.29. The standard InChI is InChI=1S/C19H20N2O4/c1-13-7-10-21(11-8-14-5-3-2-4-6-14)18(23)16(13)17(22)20-15-9-12-25-19(15)24/h2-7,10,15H,8-9,11-12H2,1H3,(H,20,22). The van der Waals surface area contributed by atoms with E-state index in [4.69, 9.17) is 4.74 Å². The van der Waals surface area contributed by atoms with Gasteiger partial charge in [-0.25, -0.2) is 4.79 Å². The molecule has 1 aliphatic heterocycles. The minimum atomic E-state index is -0.677. The van der Waals surface area contributed by atoms with Gasteiger partial charge in [-0.2, -0.15) is 0 Å². The van der Waals surface area contributed by atoms with E-state index >= 15 is 0 Å². The molecule has 130 valence electrons. The number of amides is 1. The van der Waals surface area contributed by atoms with Gasteiger partial charge in [0.25, 0.3) is 11.5 Å². The van der Waals surface area contributed by atoms with Gasteiger partial charge in [-0.05, 0) is 30.5 Å². The lowest BCUT2D eigenvalue weighted by Gasteiger charge is -2.13. The second-order valence-electron chi connectivity index (χ2n) is 6.09. The van der Waals surface area contributed by atoms with Crippen molar-refractivity contribution in [2.45, 2.75) is 32.4 Å². The van der Waals surface area contributed by atoms with Crippen LogP contribution in [0.15, 0.2) is 47.4 Å². The van der Waals surface area contributed by atoms with Crippen molar-refractivity contribution in [2.75, 3.05) is 6.61 Å². The zero-order chi connectivity index (χ0) is 17.8. The molecule has 0 bridgehead atoms. The van der Waals surface area contributed by atoms with E-state index in [-0.39, 0.29) is 11.1 Å². The van der Waals surface area contributed by atoms with E-state index in [2.05, 4.69) is 5.32 Å². The molecule has 25 heavy (non-hydrogen) atoms. The predicted molar refractivity (Wildman–Crippen MR) is 92.4 cm³/mol. The van der Waals surface area contributed by atoms with E-state index in [9.17, 15) is 14.4 Å². The third kappa shape index (κ3) is 3.79. The quantitative estimate of drug-likeness (QED) is 0.836. The number of pyridine rings is 1. The van der Waals surface area contributed by atoms with E-state index in [1.54, 1.807) is 19.2 Å². The largest absolute Gasteiger partial charge is 0.464 e. The molecule has 1 fully saturated rings. The topological polar surface area (TPSA) is 77.4 Å². The molecule has 0 radical (unpaired) electrons. The summed E-state index contributed by atoms with van der Waals surface area (Å²) in [6, 6.07) is 10.9. The van der Waals surface area contributed by atoms with Crippen LogP contribution in [0, 0.1) is 6.92 Å². The number of aromatic nitrogens is 1. The molecule has 1 N–H and O–H groups in total. The number of nitrogens with one attached hydrogen (secondary N) is 1. The van der Waals surface area contributed by atoms with Crippen LogP contribution in [0.25, 0.3) is 0 Å². The Morgan fingerprint density at radius 1 is 1.24 bits per heavy atom. The average molecular weight is 340 g/mol. The van der Waals surface area contributed by atoms with Crippen LogP contribution in [0.4, 0.5) is 0 Å². The number of carbonyl (C=O) groups excluding carboxylic acids is 2. The number of aryl methyl sites for hydroxylation is 3. The van der Waals surface area contributed by atoms with Crippen LogP contribution in [0.3, 0.4) is 0 Å². The Morgan fingerprint density at radius 3 is 2.68 bits per heavy atom. The Balaban J connectivity index is 1.78. The molecule has 6 nitrogen and oxygen atoms in total. The van der Waals surface area contributed by atoms with Crippen molar-refractivity contribution >= 4 is 11.9 Å². The summed E-state index contributed by atoms with van der Waals surface area (Å²) in [5.74, 6) is -0.980. The van der Waals surface area contributed by atoms with Crippen LogP contribution >= 0.6 is 0 Å². The number of esters is 1. The lowest BCUT2D eigenvalue weighted by atomic mass is 10.1. The second-order valence-corrected chi connectivity index (χ2v) is 6.09. The lowest BCUT2D eigenvalue weighted by molar-refractivity contribution is -0.139. The van der Waals surface area contributed by atoms with Crippen LogP contribution in [0.2, 0.25) is 0 Å². The van der Waals surface area contributed by atoms with E-state index in [1.165, 1.54) is 4.57 Å². The molecule has 1 unspecified atom stereocenters. The first kappa shape index (κ1) is 17.0. The van der Waals surface area contributed by atoms with Gasteiger partial charge in [0, 0.05) is 19.2 Å². The number of hydrogen-bond acceptors (Lipinski definition) is 4. The summed E-state index contributed by atoms with van der Waals surface area (Å²) in [5.41, 5.74) is 1.44. The predicted octanol–water partition coefficient (Wildman–Crippen LogP) is 1.44. The summed E-state index contributed by atoms with van der Waals surface area (Å²) in [4.78, 5) is 36.7. The number of carbonyl (C=O) groups is 2. The molecule has 1 aliphatic rings. The molecule has 1 atom stereocenters. The molecule has 1 amide bonds. The molecular formula is C19H20N2O4. The fourth-order valence-corrected chi connectivity index (χ4v) is 2.87. The third-order valence-corrected chi connectivity index (χ3v) is 4.33. The fraction of sp³-hybridized carbons (Fsp3) is 0.316. The highest BCUT2D eigenvalue weighted by Crippen LogP contribution is 2.09. The number of ether oxygens (including phenoxy) is 1. The van der Waals surface area contributed by atoms with Gasteiger partial charge in [0.1, 0.15) is 11.6 Å². The van der Waals surface area contributed by atoms with Crippen molar-refractivity contribution in [1.29, 1.82) is 0 Å². The van der Waals surface area contributed by atoms with E-state index < -0.39 is 17.9 Å². The highest BCUT2D eigenvalue weighted by molar-refractivity contribution is 5.97. The maximum Gasteiger partial charge on any atom is 0.328 e. The smallest absolute Gasteiger partial charge is 0.328 e. The summed E-state index contributed by atoms with van der Waals surface area (Å²) in [6.07, 6.45) is 2.82. The Labute approximate surface area is 145 Å². The van der Waals surface area contributed by atoms with Gasteiger partial charge >= 0.3 is 5.97 Å². The number of rotatable bonds is 5. The molecule has 6 heteroatoms. The molecule has 1 aromatic heterocycles. The maximum absolute atomic E-state index is 12.7. The van der Waals surface area contributed by atoms with Crippen molar-refractivity contribution in [3.63, 3.8) is 0 Å². The third-order valence-electron chi connectivity index (χ3n) is 4.33. The van der Waals surface area contributed by atoms with Gasteiger partial charge in [0.2, 0.25) is 0 Å². The van der Waals surface area contributed by atoms with Crippen LogP contribution < -0.4 is 10.9 Å². The first-order chi connectivity index (χ1) is 12.1. The molecule has 2 heterocycles. The summed E-state index contributed by atoms with van der Waals surface area (Å²) < 4.78 is 6.37. The van der Waals surface area contributed by atoms with Gasteiger partial charge in [-0.1, -0.05) is 30.3 Å². The van der Waals surface area contributed by atoms with Crippen molar-refractivity contribution in [1.82, 2.24) is 9.88 Å². The van der Waals surface area contributed by atoms with Crippen molar-refractivity contribution in [2.24, 2.45) is 0 Å². The number of hydrogen-bond donors (Lipinski definition) is 1. The number of nitrogens with zero attached hydrogens (tertiary/aromatic N) is 1. The monoisotopic (exact) mass is 340 g/mol. The average Bonchev–Trinajstić information content (AvgIpc) is 3.00. The number of cyclic esters (lactones) is 1. The zero-order valence-corrected chi connectivity index (χ0v) is 14.0. The van der Waals surface area contributed by atoms with Crippen LogP contribution in [0.1, 0.15) is 27.9 Å². The summed E-state index contributed by atoms with van der Waals surface area (Å²) in [7, 11) is 0. The molecule has 0 spiro atoms. The van der Waals surface area contributed by atoms with Crippen LogP contribution in [-0.2, 0) is 22.5 Å². The van der Waals surface area contributed by atoms with Gasteiger partial charge < -0.3 is 14.6 Å². The Bertz CT molecular complexity index is 842. The summed E-state index contributed by atoms with van der Waals surface area (Å²) >= 11 is 0. The molecule has 0 saturated carbocycles. The van der Waals surface area contributed by atoms with E-state index in [0.717, 1.165) is 5.56 Å². The zero-order valence-electron chi connectivity index (χ0n) is 14.0. The molecular weight excluding hydrogens is 320 g/mol. The first-order valence-corrected chi connectivity index (χ1v) is 8.28. The second kappa shape index (κ2) is 7.34. The Kier molecular flexibility index (Phi) is 4.97. The van der Waals surface area contributed by atoms with Gasteiger partial charge in [-0.3, -0.25) is 9.59 Å². The van der Waals surface area contributed by atoms with E-state index in [0.29, 0.717) is 31.6 Å². The van der Waals surface area contributed by atoms with Crippen molar-refractivity contribution in [3.05, 3.63) is 69.6 Å². The minimum Gasteiger partial charge on any atom is -0.464 e. The molecule has 1 saturated heterocycles. The Hall–Kier alpha value is -2.89. The fourth-order valence-electron chi connectivity index (χ4n) is 2.87. The molecule has 2 aromatic rings. The number of benzene rings is 1. The summed E-state index contributed by atoms with van der Waals surface area (Å²) in [6.45, 7) is 2.48. The van der Waals surface area contributed by atoms with Gasteiger partial charge in [0.05, 0.1) is 6.61 Å². The SMILES string of the molecule is Cc1ccn(CCc2ccccc2)c(=O)c1C(=O)NC1CCOC1=O. The van der Waals surface area contributed by atoms with Gasteiger partial charge in [-0.15, -0.1) is 0 Å². The maximum atomic E-state index is 12.7.